The average Bonchev–Trinajstić information content (AvgIpc) is 2.94. The van der Waals surface area contributed by atoms with Gasteiger partial charge in [-0.05, 0) is 73.6 Å². The second kappa shape index (κ2) is 14.6. The zero-order chi connectivity index (χ0) is 29.1. The van der Waals surface area contributed by atoms with Gasteiger partial charge in [0, 0.05) is 18.7 Å². The number of rotatable bonds is 10. The molecule has 0 heterocycles. The van der Waals surface area contributed by atoms with Gasteiger partial charge >= 0.3 is 12.1 Å². The quantitative estimate of drug-likeness (QED) is 0.121. The van der Waals surface area contributed by atoms with Crippen LogP contribution in [0.3, 0.4) is 0 Å². The first-order valence-electron chi connectivity index (χ1n) is 13.7. The van der Waals surface area contributed by atoms with E-state index < -0.39 is 17.7 Å². The smallest absolute Gasteiger partial charge is 0.416 e. The number of guanidine groups is 1. The lowest BCUT2D eigenvalue weighted by atomic mass is 9.89. The van der Waals surface area contributed by atoms with Crippen LogP contribution in [0.15, 0.2) is 41.4 Å². The molecule has 1 N–H and O–H groups in total. The fourth-order valence-corrected chi connectivity index (χ4v) is 4.93. The Morgan fingerprint density at radius 3 is 2.50 bits per heavy atom. The van der Waals surface area contributed by atoms with Crippen LogP contribution in [0.4, 0.5) is 13.2 Å². The van der Waals surface area contributed by atoms with E-state index in [1.807, 2.05) is 6.92 Å². The van der Waals surface area contributed by atoms with Crippen LogP contribution in [0.5, 0.6) is 5.75 Å². The van der Waals surface area contributed by atoms with Crippen molar-refractivity contribution in [2.45, 2.75) is 65.1 Å². The molecule has 0 bridgehead atoms. The molecule has 40 heavy (non-hydrogen) atoms. The third-order valence-electron chi connectivity index (χ3n) is 6.90. The number of hydrogen-bond donors (Lipinski definition) is 1. The van der Waals surface area contributed by atoms with E-state index in [2.05, 4.69) is 16.5 Å². The molecule has 0 aromatic heterocycles. The minimum Gasteiger partial charge on any atom is -0.496 e. The van der Waals surface area contributed by atoms with Crippen molar-refractivity contribution in [2.24, 2.45) is 10.9 Å². The van der Waals surface area contributed by atoms with Gasteiger partial charge in [-0.3, -0.25) is 9.79 Å². The molecule has 1 aliphatic carbocycles. The fourth-order valence-electron chi connectivity index (χ4n) is 4.93. The Hall–Kier alpha value is -3.74. The lowest BCUT2D eigenvalue weighted by molar-refractivity contribution is -0.142. The maximum Gasteiger partial charge on any atom is 0.416 e. The molecule has 1 aliphatic rings. The Kier molecular flexibility index (Phi) is 11.2. The Labute approximate surface area is 234 Å². The zero-order valence-corrected chi connectivity index (χ0v) is 23.3. The van der Waals surface area contributed by atoms with Gasteiger partial charge in [0.2, 0.25) is 5.96 Å². The molecule has 0 amide bonds. The number of halogens is 3. The lowest BCUT2D eigenvalue weighted by Gasteiger charge is -2.24. The van der Waals surface area contributed by atoms with E-state index in [-0.39, 0.29) is 25.1 Å². The van der Waals surface area contributed by atoms with Crippen molar-refractivity contribution >= 4 is 11.9 Å². The molecule has 216 valence electrons. The Morgan fingerprint density at radius 1 is 1.12 bits per heavy atom. The van der Waals surface area contributed by atoms with Crippen LogP contribution in [0, 0.1) is 17.4 Å². The summed E-state index contributed by atoms with van der Waals surface area (Å²) in [5.41, 5.74) is 1.04. The van der Waals surface area contributed by atoms with Crippen LogP contribution in [0.25, 0.3) is 11.1 Å². The van der Waals surface area contributed by atoms with Crippen LogP contribution in [0.2, 0.25) is 0 Å². The second-order valence-corrected chi connectivity index (χ2v) is 9.77. The van der Waals surface area contributed by atoms with Crippen molar-refractivity contribution in [3.63, 3.8) is 0 Å². The molecule has 10 heteroatoms. The van der Waals surface area contributed by atoms with Crippen LogP contribution >= 0.6 is 0 Å². The number of benzene rings is 2. The predicted molar refractivity (Wildman–Crippen MR) is 147 cm³/mol. The molecule has 0 aliphatic heterocycles. The number of carbonyl (C=O) groups excluding carboxylic acids is 1. The monoisotopic (exact) mass is 558 g/mol. The van der Waals surface area contributed by atoms with Gasteiger partial charge in [0.05, 0.1) is 32.2 Å². The standard InChI is InChI=1S/C30H37F3N4O3/c1-4-35-29(36-18-21-9-7-6-8-10-21)37(20-34)19-23-17-24(30(31,32)33)12-13-25(23)26-15-22(11-14-27(26)39-3)16-28(38)40-5-2/h11-15,17,21H,4-10,16,18-19H2,1-3H3,(H,35,36). The van der Waals surface area contributed by atoms with Crippen molar-refractivity contribution < 1.29 is 27.4 Å². The van der Waals surface area contributed by atoms with Crippen molar-refractivity contribution in [3.8, 4) is 23.1 Å². The average molecular weight is 559 g/mol. The second-order valence-electron chi connectivity index (χ2n) is 9.77. The first-order chi connectivity index (χ1) is 19.2. The molecule has 2 aromatic carbocycles. The number of esters is 1. The highest BCUT2D eigenvalue weighted by atomic mass is 19.4. The van der Waals surface area contributed by atoms with E-state index in [1.165, 1.54) is 24.5 Å². The summed E-state index contributed by atoms with van der Waals surface area (Å²) in [6.07, 6.45) is 3.23. The molecule has 0 saturated heterocycles. The van der Waals surface area contributed by atoms with Crippen LogP contribution in [-0.4, -0.2) is 43.6 Å². The normalized spacial score (nSPS) is 14.4. The number of nitrogens with zero attached hydrogens (tertiary/aromatic N) is 3. The maximum atomic E-state index is 13.8. The topological polar surface area (TPSA) is 87.0 Å². The molecule has 0 unspecified atom stereocenters. The van der Waals surface area contributed by atoms with Gasteiger partial charge in [-0.2, -0.15) is 18.4 Å². The van der Waals surface area contributed by atoms with Crippen LogP contribution in [0.1, 0.15) is 62.6 Å². The highest BCUT2D eigenvalue weighted by Gasteiger charge is 2.32. The van der Waals surface area contributed by atoms with Crippen LogP contribution in [-0.2, 0) is 28.7 Å². The maximum absolute atomic E-state index is 13.8. The van der Waals surface area contributed by atoms with E-state index in [9.17, 15) is 23.2 Å². The van der Waals surface area contributed by atoms with E-state index >= 15 is 0 Å². The van der Waals surface area contributed by atoms with Crippen molar-refractivity contribution in [3.05, 3.63) is 53.1 Å². The van der Waals surface area contributed by atoms with Gasteiger partial charge in [0.25, 0.3) is 0 Å². The predicted octanol–water partition coefficient (Wildman–Crippen LogP) is 6.32. The van der Waals surface area contributed by atoms with E-state index in [1.54, 1.807) is 25.1 Å². The number of hydrogen-bond acceptors (Lipinski definition) is 5. The summed E-state index contributed by atoms with van der Waals surface area (Å²) in [5.74, 6) is 0.779. The third-order valence-corrected chi connectivity index (χ3v) is 6.90. The van der Waals surface area contributed by atoms with Gasteiger partial charge < -0.3 is 14.8 Å². The molecular formula is C30H37F3N4O3. The molecule has 2 aromatic rings. The summed E-state index contributed by atoms with van der Waals surface area (Å²) >= 11 is 0. The number of nitriles is 1. The van der Waals surface area contributed by atoms with E-state index in [4.69, 9.17) is 9.47 Å². The highest BCUT2D eigenvalue weighted by Crippen LogP contribution is 2.38. The summed E-state index contributed by atoms with van der Waals surface area (Å²) in [6, 6.07) is 8.54. The minimum absolute atomic E-state index is 0.00349. The zero-order valence-electron chi connectivity index (χ0n) is 23.3. The summed E-state index contributed by atoms with van der Waals surface area (Å²) in [4.78, 5) is 18.1. The first kappa shape index (κ1) is 30.8. The number of alkyl halides is 3. The fraction of sp³-hybridized carbons (Fsp3) is 0.500. The SMILES string of the molecule is CCNC(=NCC1CCCCC1)N(C#N)Cc1cc(C(F)(F)F)ccc1-c1cc(CC(=O)OCC)ccc1OC. The highest BCUT2D eigenvalue weighted by molar-refractivity contribution is 5.82. The van der Waals surface area contributed by atoms with Gasteiger partial charge in [0.1, 0.15) is 5.75 Å². The molecule has 7 nitrogen and oxygen atoms in total. The molecular weight excluding hydrogens is 521 g/mol. The van der Waals surface area contributed by atoms with Crippen molar-refractivity contribution in [2.75, 3.05) is 26.8 Å². The number of methoxy groups -OCH3 is 1. The minimum atomic E-state index is -4.57. The Morgan fingerprint density at radius 2 is 1.88 bits per heavy atom. The van der Waals surface area contributed by atoms with Gasteiger partial charge in [-0.15, -0.1) is 0 Å². The first-order valence-corrected chi connectivity index (χ1v) is 13.7. The largest absolute Gasteiger partial charge is 0.496 e. The van der Waals surface area contributed by atoms with E-state index in [0.29, 0.717) is 47.4 Å². The number of aliphatic imine (C=N–C) groups is 1. The molecule has 0 atom stereocenters. The van der Waals surface area contributed by atoms with Crippen molar-refractivity contribution in [1.82, 2.24) is 10.2 Å². The summed E-state index contributed by atoms with van der Waals surface area (Å²) < 4.78 is 51.9. The lowest BCUT2D eigenvalue weighted by Crippen LogP contribution is -2.38. The van der Waals surface area contributed by atoms with Gasteiger partial charge in [0.15, 0.2) is 6.19 Å². The summed E-state index contributed by atoms with van der Waals surface area (Å²) in [5, 5.41) is 13.2. The molecule has 0 radical (unpaired) electrons. The number of carbonyl (C=O) groups is 1. The van der Waals surface area contributed by atoms with E-state index in [0.717, 1.165) is 37.8 Å². The van der Waals surface area contributed by atoms with Gasteiger partial charge in [-0.1, -0.05) is 31.4 Å². The number of ether oxygens (including phenoxy) is 2. The molecule has 3 rings (SSSR count). The molecule has 0 spiro atoms. The summed E-state index contributed by atoms with van der Waals surface area (Å²) in [6.45, 7) is 4.75. The number of nitrogens with one attached hydrogen (secondary N) is 1. The Bertz CT molecular complexity index is 1220. The molecule has 1 saturated carbocycles. The van der Waals surface area contributed by atoms with Crippen molar-refractivity contribution in [1.29, 1.82) is 5.26 Å². The molecule has 1 fully saturated rings. The third kappa shape index (κ3) is 8.38. The summed E-state index contributed by atoms with van der Waals surface area (Å²) in [7, 11) is 1.47. The Balaban J connectivity index is 2.04. The van der Waals surface area contributed by atoms with Crippen LogP contribution < -0.4 is 10.1 Å². The van der Waals surface area contributed by atoms with Gasteiger partial charge in [-0.25, -0.2) is 4.90 Å².